The van der Waals surface area contributed by atoms with E-state index >= 15 is 0 Å². The van der Waals surface area contributed by atoms with E-state index in [1.165, 1.54) is 9.80 Å². The number of ether oxygens (including phenoxy) is 1. The van der Waals surface area contributed by atoms with Gasteiger partial charge in [0.25, 0.3) is 0 Å². The fraction of sp³-hybridized carbons (Fsp3) is 0.647. The molecule has 2 aliphatic rings. The summed E-state index contributed by atoms with van der Waals surface area (Å²) < 4.78 is 4.97. The summed E-state index contributed by atoms with van der Waals surface area (Å²) in [5.41, 5.74) is 1.06. The molecule has 1 heterocycles. The minimum Gasteiger partial charge on any atom is -0.480 e. The summed E-state index contributed by atoms with van der Waals surface area (Å²) in [7, 11) is 0. The number of aliphatic carboxylic acids is 2. The van der Waals surface area contributed by atoms with Crippen LogP contribution in [0.15, 0.2) is 24.3 Å². The number of carbonyl (C=O) groups is 6. The van der Waals surface area contributed by atoms with Crippen LogP contribution in [-0.4, -0.2) is 80.9 Å². The zero-order valence-electron chi connectivity index (χ0n) is 28.1. The smallest absolute Gasteiger partial charge is 0.327 e. The van der Waals surface area contributed by atoms with Gasteiger partial charge in [-0.25, -0.2) is 4.79 Å². The molecule has 0 aromatic heterocycles. The van der Waals surface area contributed by atoms with Crippen LogP contribution in [0.5, 0.6) is 0 Å². The lowest BCUT2D eigenvalue weighted by Crippen LogP contribution is -2.45. The molecule has 4 atom stereocenters. The first-order valence-corrected chi connectivity index (χ1v) is 17.0. The molecular weight excluding hydrogens is 612 g/mol. The average Bonchev–Trinajstić information content (AvgIpc) is 3.66. The van der Waals surface area contributed by atoms with Gasteiger partial charge in [-0.05, 0) is 37.8 Å². The summed E-state index contributed by atoms with van der Waals surface area (Å²) in [5.74, 6) is -3.60. The summed E-state index contributed by atoms with van der Waals surface area (Å²) in [6, 6.07) is 6.36. The summed E-state index contributed by atoms with van der Waals surface area (Å²) in [5, 5.41) is 18.6. The minimum atomic E-state index is -1.02. The third kappa shape index (κ3) is 10.8. The third-order valence-corrected chi connectivity index (χ3v) is 9.71. The van der Waals surface area contributed by atoms with Crippen LogP contribution in [0.3, 0.4) is 0 Å². The highest BCUT2D eigenvalue weighted by Gasteiger charge is 2.40. The largest absolute Gasteiger partial charge is 0.480 e. The van der Waals surface area contributed by atoms with E-state index in [0.29, 0.717) is 30.9 Å². The molecule has 1 aromatic carbocycles. The van der Waals surface area contributed by atoms with Gasteiger partial charge in [-0.2, -0.15) is 0 Å². The van der Waals surface area contributed by atoms with Gasteiger partial charge < -0.3 is 19.8 Å². The van der Waals surface area contributed by atoms with Gasteiger partial charge in [0.2, 0.25) is 11.8 Å². The number of carboxylic acid groups (broad SMARTS) is 2. The van der Waals surface area contributed by atoms with E-state index < -0.39 is 35.2 Å². The number of thioether (sulfide) groups is 1. The molecule has 2 N–H and O–H groups in total. The predicted molar refractivity (Wildman–Crippen MR) is 176 cm³/mol. The van der Waals surface area contributed by atoms with Gasteiger partial charge in [-0.3, -0.25) is 28.9 Å². The molecule has 1 aliphatic carbocycles. The van der Waals surface area contributed by atoms with Gasteiger partial charge >= 0.3 is 17.9 Å². The van der Waals surface area contributed by atoms with Gasteiger partial charge in [0.1, 0.15) is 12.6 Å². The number of benzene rings is 1. The zero-order valence-corrected chi connectivity index (χ0v) is 28.9. The van der Waals surface area contributed by atoms with Crippen molar-refractivity contribution in [3.8, 4) is 0 Å². The molecule has 0 radical (unpaired) electrons. The van der Waals surface area contributed by atoms with E-state index in [4.69, 9.17) is 9.84 Å². The second kappa shape index (κ2) is 17.5. The first-order chi connectivity index (χ1) is 21.5. The van der Waals surface area contributed by atoms with Crippen LogP contribution in [0, 0.1) is 23.2 Å². The Morgan fingerprint density at radius 3 is 2.13 bits per heavy atom. The Morgan fingerprint density at radius 2 is 1.59 bits per heavy atom. The number of para-hydroxylation sites is 1. The summed E-state index contributed by atoms with van der Waals surface area (Å²) >= 11 is 1.16. The number of hydrogen-bond acceptors (Lipinski definition) is 8. The first-order valence-electron chi connectivity index (χ1n) is 16.0. The van der Waals surface area contributed by atoms with Crippen LogP contribution in [0.1, 0.15) is 86.1 Å². The van der Waals surface area contributed by atoms with Crippen molar-refractivity contribution in [2.24, 2.45) is 23.2 Å². The quantitative estimate of drug-likeness (QED) is 0.291. The van der Waals surface area contributed by atoms with Crippen molar-refractivity contribution in [2.75, 3.05) is 23.8 Å². The molecular formula is C34H50N2O9S. The number of rotatable bonds is 12. The molecule has 0 saturated heterocycles. The normalized spacial score (nSPS) is 18.0. The van der Waals surface area contributed by atoms with E-state index in [0.717, 1.165) is 43.0 Å². The Kier molecular flexibility index (Phi) is 14.7. The van der Waals surface area contributed by atoms with Gasteiger partial charge in [0.05, 0.1) is 12.5 Å². The molecule has 0 bridgehead atoms. The molecule has 1 aromatic rings. The molecule has 3 rings (SSSR count). The molecule has 0 unspecified atom stereocenters. The van der Waals surface area contributed by atoms with Gasteiger partial charge in [0, 0.05) is 41.2 Å². The number of hydrogen-bond donors (Lipinski definition) is 2. The maximum absolute atomic E-state index is 12.8. The van der Waals surface area contributed by atoms with Crippen molar-refractivity contribution >= 4 is 52.3 Å². The lowest BCUT2D eigenvalue weighted by molar-refractivity contribution is -0.148. The zero-order chi connectivity index (χ0) is 34.8. The Hall–Kier alpha value is -3.41. The topological polar surface area (TPSA) is 159 Å². The fourth-order valence-electron chi connectivity index (χ4n) is 5.63. The van der Waals surface area contributed by atoms with Crippen LogP contribution in [0.4, 0.5) is 5.69 Å². The number of fused-ring (bicyclic) bond motifs is 1. The molecule has 256 valence electrons. The van der Waals surface area contributed by atoms with Gasteiger partial charge in [0.15, 0.2) is 5.12 Å². The molecule has 1 saturated carbocycles. The highest BCUT2D eigenvalue weighted by Crippen LogP contribution is 2.34. The number of nitrogens with zero attached hydrogens (tertiary/aromatic N) is 2. The highest BCUT2D eigenvalue weighted by atomic mass is 32.2. The van der Waals surface area contributed by atoms with Crippen LogP contribution < -0.4 is 4.90 Å². The van der Waals surface area contributed by atoms with E-state index in [9.17, 15) is 33.9 Å². The molecule has 11 nitrogen and oxygen atoms in total. The van der Waals surface area contributed by atoms with Gasteiger partial charge in [-0.1, -0.05) is 84.3 Å². The summed E-state index contributed by atoms with van der Waals surface area (Å²) in [6.07, 6.45) is 4.46. The Bertz CT molecular complexity index is 1260. The second-order valence-electron chi connectivity index (χ2n) is 13.2. The van der Waals surface area contributed by atoms with Crippen LogP contribution in [0.2, 0.25) is 0 Å². The third-order valence-electron chi connectivity index (χ3n) is 8.17. The first kappa shape index (κ1) is 38.8. The van der Waals surface area contributed by atoms with Crippen LogP contribution in [0.25, 0.3) is 0 Å². The van der Waals surface area contributed by atoms with Gasteiger partial charge in [-0.15, -0.1) is 0 Å². The number of anilines is 1. The standard InChI is InChI=1S/C18H23NO5.C16H27NO4S/c1-4-24-18(23)12(3)9-11(2)16(20)19-14-8-6-5-7-13(14)10-15(19)17(21)22;1-11(10-22-15(21)16(2,3)4)14(20)17(9-13(18)19)12-7-5-6-8-12/h5-8,11-12,15H,4,9-10H2,1-3H3,(H,21,22);11-12H,5-10H2,1-4H3,(H,18,19)/t11-,12-,15+;11-/m11/s1. The number of carbonyl (C=O) groups excluding carboxylic acids is 4. The van der Waals surface area contributed by atoms with Crippen molar-refractivity contribution < 1.29 is 43.7 Å². The molecule has 0 spiro atoms. The molecule has 1 fully saturated rings. The fourth-order valence-corrected chi connectivity index (χ4v) is 6.60. The Labute approximate surface area is 276 Å². The van der Waals surface area contributed by atoms with E-state index in [2.05, 4.69) is 0 Å². The number of carboxylic acids is 2. The maximum Gasteiger partial charge on any atom is 0.327 e. The van der Waals surface area contributed by atoms with Crippen LogP contribution in [-0.2, 0) is 39.9 Å². The summed E-state index contributed by atoms with van der Waals surface area (Å²) in [6.45, 7) is 12.6. The average molecular weight is 663 g/mol. The molecule has 12 heteroatoms. The lowest BCUT2D eigenvalue weighted by Gasteiger charge is -2.30. The monoisotopic (exact) mass is 662 g/mol. The van der Waals surface area contributed by atoms with E-state index in [1.54, 1.807) is 39.8 Å². The maximum atomic E-state index is 12.8. The minimum absolute atomic E-state index is 0.0365. The lowest BCUT2D eigenvalue weighted by atomic mass is 9.95. The van der Waals surface area contributed by atoms with Crippen molar-refractivity contribution in [2.45, 2.75) is 99.1 Å². The molecule has 46 heavy (non-hydrogen) atoms. The Morgan fingerprint density at radius 1 is 0.978 bits per heavy atom. The van der Waals surface area contributed by atoms with Crippen molar-refractivity contribution in [3.63, 3.8) is 0 Å². The highest BCUT2D eigenvalue weighted by molar-refractivity contribution is 8.13. The summed E-state index contributed by atoms with van der Waals surface area (Å²) in [4.78, 5) is 74.6. The van der Waals surface area contributed by atoms with E-state index in [-0.39, 0.29) is 41.4 Å². The molecule has 1 aliphatic heterocycles. The second-order valence-corrected chi connectivity index (χ2v) is 14.2. The SMILES string of the molecule is CCOC(=O)[C@H](C)C[C@@H](C)C(=O)N1c2ccccc2C[C@H]1C(=O)O.C[C@H](CSC(=O)C(C)(C)C)C(=O)N(CC(=O)O)C1CCCC1. The van der Waals surface area contributed by atoms with Crippen molar-refractivity contribution in [3.05, 3.63) is 29.8 Å². The van der Waals surface area contributed by atoms with Crippen LogP contribution >= 0.6 is 11.8 Å². The number of amides is 2. The predicted octanol–water partition coefficient (Wildman–Crippen LogP) is 5.04. The Balaban J connectivity index is 0.000000322. The van der Waals surface area contributed by atoms with Crippen molar-refractivity contribution in [1.29, 1.82) is 0 Å². The van der Waals surface area contributed by atoms with E-state index in [1.807, 2.05) is 32.9 Å². The van der Waals surface area contributed by atoms with Crippen molar-refractivity contribution in [1.82, 2.24) is 4.90 Å². The molecule has 2 amide bonds. The number of esters is 1.